The van der Waals surface area contributed by atoms with Crippen molar-refractivity contribution in [2.24, 2.45) is 11.8 Å². The van der Waals surface area contributed by atoms with Crippen molar-refractivity contribution in [2.45, 2.75) is 38.0 Å². The van der Waals surface area contributed by atoms with Gasteiger partial charge in [0.1, 0.15) is 5.75 Å². The van der Waals surface area contributed by atoms with Gasteiger partial charge in [-0.1, -0.05) is 43.3 Å². The molecule has 0 aliphatic carbocycles. The molecule has 0 radical (unpaired) electrons. The molecule has 0 amide bonds. The number of methoxy groups -OCH3 is 1. The third-order valence-electron chi connectivity index (χ3n) is 6.08. The fraction of sp³-hybridized carbons (Fsp3) is 0.409. The predicted molar refractivity (Wildman–Crippen MR) is 107 cm³/mol. The third-order valence-corrected chi connectivity index (χ3v) is 6.08. The highest BCUT2D eigenvalue weighted by molar-refractivity contribution is 5.71. The summed E-state index contributed by atoms with van der Waals surface area (Å²) in [4.78, 5) is 12.1. The van der Waals surface area contributed by atoms with Crippen LogP contribution >= 0.6 is 0 Å². The van der Waals surface area contributed by atoms with Crippen LogP contribution in [0.3, 0.4) is 0 Å². The maximum absolute atomic E-state index is 12.1. The molecule has 0 spiro atoms. The first-order valence-corrected chi connectivity index (χ1v) is 9.83. The Labute approximate surface area is 165 Å². The zero-order valence-corrected chi connectivity index (χ0v) is 16.2. The van der Waals surface area contributed by atoms with Crippen LogP contribution in [-0.2, 0) is 11.2 Å². The molecule has 0 aromatic heterocycles. The van der Waals surface area contributed by atoms with Crippen molar-refractivity contribution in [3.05, 3.63) is 65.2 Å². The Hall–Kier alpha value is -2.41. The summed E-state index contributed by atoms with van der Waals surface area (Å²) in [6.07, 6.45) is 1.45. The molecular weight excluding hydrogens is 354 g/mol. The van der Waals surface area contributed by atoms with Gasteiger partial charge in [0.15, 0.2) is 0 Å². The molecule has 2 heterocycles. The summed E-state index contributed by atoms with van der Waals surface area (Å²) >= 11 is 0. The molecule has 28 heavy (non-hydrogen) atoms. The van der Waals surface area contributed by atoms with Crippen molar-refractivity contribution in [2.75, 3.05) is 7.11 Å². The second-order valence-electron chi connectivity index (χ2n) is 7.59. The van der Waals surface area contributed by atoms with Crippen molar-refractivity contribution in [1.82, 2.24) is 16.2 Å². The van der Waals surface area contributed by atoms with Gasteiger partial charge in [-0.2, -0.15) is 0 Å². The molecule has 2 aromatic rings. The third kappa shape index (κ3) is 3.51. The standard InChI is InChI=1S/C22H27N3O3/c1-3-13-4-6-14(7-5-13)18-12-17(22(26)27)19-20(24-25-21(19)23-18)15-8-10-16(28-2)11-9-15/h4-11,17-21,23-25H,3,12H2,1-2H3,(H,26,27). The van der Waals surface area contributed by atoms with E-state index in [0.717, 1.165) is 23.3 Å². The molecule has 4 N–H and O–H groups in total. The second kappa shape index (κ2) is 7.91. The van der Waals surface area contributed by atoms with Gasteiger partial charge in [0, 0.05) is 12.0 Å². The first kappa shape index (κ1) is 18.9. The quantitative estimate of drug-likeness (QED) is 0.638. The van der Waals surface area contributed by atoms with E-state index in [4.69, 9.17) is 4.74 Å². The maximum atomic E-state index is 12.1. The van der Waals surface area contributed by atoms with Crippen LogP contribution in [-0.4, -0.2) is 24.4 Å². The number of carboxylic acids is 1. The summed E-state index contributed by atoms with van der Waals surface area (Å²) in [5.74, 6) is -0.483. The van der Waals surface area contributed by atoms with E-state index in [-0.39, 0.29) is 24.2 Å². The largest absolute Gasteiger partial charge is 0.497 e. The fourth-order valence-corrected chi connectivity index (χ4v) is 4.48. The summed E-state index contributed by atoms with van der Waals surface area (Å²) in [6.45, 7) is 2.13. The number of carboxylic acid groups (broad SMARTS) is 1. The maximum Gasteiger partial charge on any atom is 0.307 e. The van der Waals surface area contributed by atoms with E-state index in [9.17, 15) is 9.90 Å². The first-order valence-electron chi connectivity index (χ1n) is 9.83. The Balaban J connectivity index is 1.58. The number of hydrogen-bond donors (Lipinski definition) is 4. The lowest BCUT2D eigenvalue weighted by Gasteiger charge is -2.39. The van der Waals surface area contributed by atoms with Crippen LogP contribution in [0.2, 0.25) is 0 Å². The number of hydrazine groups is 1. The summed E-state index contributed by atoms with van der Waals surface area (Å²) in [7, 11) is 1.64. The molecule has 0 bridgehead atoms. The molecule has 5 unspecified atom stereocenters. The normalized spacial score (nSPS) is 29.3. The zero-order chi connectivity index (χ0) is 19.7. The summed E-state index contributed by atoms with van der Waals surface area (Å²) in [6, 6.07) is 16.2. The predicted octanol–water partition coefficient (Wildman–Crippen LogP) is 2.78. The minimum absolute atomic E-state index is 0.0113. The van der Waals surface area contributed by atoms with Crippen LogP contribution in [0.5, 0.6) is 5.75 Å². The van der Waals surface area contributed by atoms with Gasteiger partial charge in [-0.15, -0.1) is 0 Å². The topological polar surface area (TPSA) is 82.6 Å². The summed E-state index contributed by atoms with van der Waals surface area (Å²) in [5, 5.41) is 13.6. The molecular formula is C22H27N3O3. The molecule has 6 nitrogen and oxygen atoms in total. The second-order valence-corrected chi connectivity index (χ2v) is 7.59. The molecule has 4 rings (SSSR count). The summed E-state index contributed by atoms with van der Waals surface area (Å²) in [5.41, 5.74) is 10.1. The SMILES string of the molecule is CCc1ccc(C2CC(C(=O)O)C3C(NNC3c3ccc(OC)cc3)N2)cc1. The number of aryl methyl sites for hydroxylation is 1. The Morgan fingerprint density at radius 3 is 2.36 bits per heavy atom. The van der Waals surface area contributed by atoms with Crippen LogP contribution in [0.1, 0.15) is 42.1 Å². The smallest absolute Gasteiger partial charge is 0.307 e. The lowest BCUT2D eigenvalue weighted by Crippen LogP contribution is -2.53. The highest BCUT2D eigenvalue weighted by atomic mass is 16.5. The zero-order valence-electron chi connectivity index (χ0n) is 16.2. The summed E-state index contributed by atoms with van der Waals surface area (Å²) < 4.78 is 5.23. The monoisotopic (exact) mass is 381 g/mol. The van der Waals surface area contributed by atoms with E-state index in [2.05, 4.69) is 47.4 Å². The van der Waals surface area contributed by atoms with Crippen molar-refractivity contribution in [3.8, 4) is 5.75 Å². The van der Waals surface area contributed by atoms with Crippen LogP contribution in [0.25, 0.3) is 0 Å². The van der Waals surface area contributed by atoms with Gasteiger partial charge < -0.3 is 9.84 Å². The van der Waals surface area contributed by atoms with Crippen molar-refractivity contribution in [3.63, 3.8) is 0 Å². The molecule has 2 aliphatic heterocycles. The molecule has 2 aromatic carbocycles. The van der Waals surface area contributed by atoms with Crippen LogP contribution in [0.15, 0.2) is 48.5 Å². The van der Waals surface area contributed by atoms with E-state index in [0.29, 0.717) is 6.42 Å². The van der Waals surface area contributed by atoms with E-state index >= 15 is 0 Å². The Morgan fingerprint density at radius 1 is 1.07 bits per heavy atom. The number of benzene rings is 2. The molecule has 148 valence electrons. The van der Waals surface area contributed by atoms with Crippen molar-refractivity contribution >= 4 is 5.97 Å². The molecule has 5 atom stereocenters. The molecule has 6 heteroatoms. The number of ether oxygens (including phenoxy) is 1. The Morgan fingerprint density at radius 2 is 1.75 bits per heavy atom. The van der Waals surface area contributed by atoms with E-state index in [1.54, 1.807) is 7.11 Å². The van der Waals surface area contributed by atoms with Crippen LogP contribution in [0.4, 0.5) is 0 Å². The van der Waals surface area contributed by atoms with Gasteiger partial charge >= 0.3 is 5.97 Å². The fourth-order valence-electron chi connectivity index (χ4n) is 4.48. The Kier molecular flexibility index (Phi) is 5.35. The van der Waals surface area contributed by atoms with Crippen molar-refractivity contribution in [1.29, 1.82) is 0 Å². The minimum Gasteiger partial charge on any atom is -0.497 e. The number of fused-ring (bicyclic) bond motifs is 1. The van der Waals surface area contributed by atoms with E-state index in [1.807, 2.05) is 24.3 Å². The van der Waals surface area contributed by atoms with Crippen LogP contribution < -0.4 is 20.9 Å². The van der Waals surface area contributed by atoms with E-state index < -0.39 is 11.9 Å². The van der Waals surface area contributed by atoms with Gasteiger partial charge in [-0.3, -0.25) is 10.1 Å². The van der Waals surface area contributed by atoms with Crippen LogP contribution in [0, 0.1) is 11.8 Å². The highest BCUT2D eigenvalue weighted by Gasteiger charge is 2.49. The minimum atomic E-state index is -0.740. The molecule has 2 aliphatic rings. The highest BCUT2D eigenvalue weighted by Crippen LogP contribution is 2.42. The average Bonchev–Trinajstić information content (AvgIpc) is 3.17. The van der Waals surface area contributed by atoms with Gasteiger partial charge in [0.05, 0.1) is 25.2 Å². The number of carbonyl (C=O) groups is 1. The average molecular weight is 381 g/mol. The van der Waals surface area contributed by atoms with Crippen molar-refractivity contribution < 1.29 is 14.6 Å². The lowest BCUT2D eigenvalue weighted by molar-refractivity contribution is -0.146. The van der Waals surface area contributed by atoms with E-state index in [1.165, 1.54) is 5.56 Å². The number of nitrogens with one attached hydrogen (secondary N) is 3. The number of hydrogen-bond acceptors (Lipinski definition) is 5. The Bertz CT molecular complexity index is 822. The van der Waals surface area contributed by atoms with Gasteiger partial charge in [-0.25, -0.2) is 10.9 Å². The molecule has 2 saturated heterocycles. The molecule has 0 saturated carbocycles. The van der Waals surface area contributed by atoms with Gasteiger partial charge in [-0.05, 0) is 41.7 Å². The first-order chi connectivity index (χ1) is 13.6. The molecule has 2 fully saturated rings. The van der Waals surface area contributed by atoms with Gasteiger partial charge in [0.25, 0.3) is 0 Å². The van der Waals surface area contributed by atoms with Gasteiger partial charge in [0.2, 0.25) is 0 Å². The number of piperidine rings is 1. The lowest BCUT2D eigenvalue weighted by atomic mass is 9.75. The number of rotatable bonds is 5. The number of aliphatic carboxylic acids is 1.